The van der Waals surface area contributed by atoms with Crippen LogP contribution in [0.15, 0.2) is 69.6 Å². The molecule has 0 unspecified atom stereocenters. The smallest absolute Gasteiger partial charge is 0.416 e. The third-order valence-corrected chi connectivity index (χ3v) is 5.13. The summed E-state index contributed by atoms with van der Waals surface area (Å²) >= 11 is 0.937. The molecule has 32 heavy (non-hydrogen) atoms. The second-order valence-corrected chi connectivity index (χ2v) is 8.49. The Bertz CT molecular complexity index is 1210. The van der Waals surface area contributed by atoms with Gasteiger partial charge in [0.2, 0.25) is 0 Å². The molecule has 0 aliphatic carbocycles. The average Bonchev–Trinajstić information content (AvgIpc) is 2.73. The van der Waals surface area contributed by atoms with Gasteiger partial charge in [0.05, 0.1) is 22.4 Å². The van der Waals surface area contributed by atoms with Gasteiger partial charge >= 0.3 is 6.18 Å². The fraction of sp³-hybridized carbons (Fsp3) is 0.227. The van der Waals surface area contributed by atoms with Crippen LogP contribution in [-0.2, 0) is 6.18 Å². The molecule has 1 aromatic heterocycles. The van der Waals surface area contributed by atoms with Crippen molar-refractivity contribution in [3.63, 3.8) is 0 Å². The summed E-state index contributed by atoms with van der Waals surface area (Å²) in [5.41, 5.74) is -1.80. The fourth-order valence-electron chi connectivity index (χ4n) is 2.63. The quantitative estimate of drug-likeness (QED) is 0.585. The predicted molar refractivity (Wildman–Crippen MR) is 112 cm³/mol. The molecule has 0 amide bonds. The topological polar surface area (TPSA) is 88.1 Å². The molecule has 3 aromatic rings. The molecular formula is C22H18F3N3O3S. The molecule has 0 saturated carbocycles. The van der Waals surface area contributed by atoms with Crippen LogP contribution in [-0.4, -0.2) is 26.9 Å². The normalized spacial score (nSPS) is 11.8. The van der Waals surface area contributed by atoms with Crippen molar-refractivity contribution in [2.45, 2.75) is 35.5 Å². The Morgan fingerprint density at radius 1 is 1.19 bits per heavy atom. The van der Waals surface area contributed by atoms with E-state index in [0.29, 0.717) is 10.6 Å². The number of benzene rings is 2. The Kier molecular flexibility index (Phi) is 6.62. The van der Waals surface area contributed by atoms with Crippen LogP contribution in [0.25, 0.3) is 5.69 Å². The van der Waals surface area contributed by atoms with E-state index < -0.39 is 22.9 Å². The lowest BCUT2D eigenvalue weighted by molar-refractivity contribution is -0.137. The zero-order valence-electron chi connectivity index (χ0n) is 17.1. The first-order valence-electron chi connectivity index (χ1n) is 9.30. The molecule has 1 N–H and O–H groups in total. The van der Waals surface area contributed by atoms with E-state index in [1.54, 1.807) is 19.9 Å². The summed E-state index contributed by atoms with van der Waals surface area (Å²) in [6, 6.07) is 11.0. The van der Waals surface area contributed by atoms with Crippen molar-refractivity contribution in [1.82, 2.24) is 9.55 Å². The maximum atomic E-state index is 12.9. The molecule has 0 spiro atoms. The largest absolute Gasteiger partial charge is 0.489 e. The van der Waals surface area contributed by atoms with Gasteiger partial charge in [-0.1, -0.05) is 11.8 Å². The molecule has 0 fully saturated rings. The van der Waals surface area contributed by atoms with E-state index in [2.05, 4.69) is 4.98 Å². The van der Waals surface area contributed by atoms with Crippen LogP contribution in [0.4, 0.5) is 13.2 Å². The Morgan fingerprint density at radius 2 is 1.88 bits per heavy atom. The Morgan fingerprint density at radius 3 is 2.47 bits per heavy atom. The highest BCUT2D eigenvalue weighted by Crippen LogP contribution is 2.32. The van der Waals surface area contributed by atoms with Gasteiger partial charge in [0, 0.05) is 17.3 Å². The summed E-state index contributed by atoms with van der Waals surface area (Å²) in [5.74, 6) is 0.264. The van der Waals surface area contributed by atoms with Crippen LogP contribution >= 0.6 is 11.8 Å². The van der Waals surface area contributed by atoms with E-state index in [-0.39, 0.29) is 22.9 Å². The van der Waals surface area contributed by atoms with Gasteiger partial charge in [-0.3, -0.25) is 9.36 Å². The molecule has 0 aliphatic rings. The number of nitrogens with zero attached hydrogens (tertiary/aromatic N) is 3. The maximum Gasteiger partial charge on any atom is 0.416 e. The van der Waals surface area contributed by atoms with Gasteiger partial charge in [-0.05, 0) is 56.3 Å². The second-order valence-electron chi connectivity index (χ2n) is 7.43. The van der Waals surface area contributed by atoms with Crippen LogP contribution in [0, 0.1) is 11.3 Å². The minimum Gasteiger partial charge on any atom is -0.489 e. The lowest BCUT2D eigenvalue weighted by atomic mass is 10.1. The van der Waals surface area contributed by atoms with Crippen LogP contribution in [0.5, 0.6) is 5.75 Å². The third kappa shape index (κ3) is 5.69. The van der Waals surface area contributed by atoms with Crippen molar-refractivity contribution in [3.05, 3.63) is 76.3 Å². The second kappa shape index (κ2) is 9.06. The fourth-order valence-corrected chi connectivity index (χ4v) is 3.42. The van der Waals surface area contributed by atoms with Crippen molar-refractivity contribution in [2.24, 2.45) is 0 Å². The van der Waals surface area contributed by atoms with E-state index in [4.69, 9.17) is 4.74 Å². The number of aromatic nitrogens is 2. The van der Waals surface area contributed by atoms with E-state index in [9.17, 15) is 28.3 Å². The molecule has 166 valence electrons. The average molecular weight is 461 g/mol. The summed E-state index contributed by atoms with van der Waals surface area (Å²) in [6.45, 7) is 3.11. The zero-order chi connectivity index (χ0) is 23.5. The summed E-state index contributed by atoms with van der Waals surface area (Å²) in [4.78, 5) is 17.4. The number of hydrogen-bond acceptors (Lipinski definition) is 6. The minimum atomic E-state index is -4.44. The molecule has 0 bridgehead atoms. The van der Waals surface area contributed by atoms with E-state index >= 15 is 0 Å². The minimum absolute atomic E-state index is 0.0237. The molecule has 0 aliphatic heterocycles. The first-order valence-corrected chi connectivity index (χ1v) is 10.1. The van der Waals surface area contributed by atoms with Crippen molar-refractivity contribution < 1.29 is 23.0 Å². The number of hydrogen-bond donors (Lipinski definition) is 1. The highest BCUT2D eigenvalue weighted by Gasteiger charge is 2.30. The number of halogens is 3. The number of ether oxygens (including phenoxy) is 1. The van der Waals surface area contributed by atoms with Crippen molar-refractivity contribution >= 4 is 11.8 Å². The standard InChI is InChI=1S/C22H18F3N3O3S/c1-21(2,30)13-31-18-8-5-16(11-14(18)12-26)28-10-9-27-19(20(28)29)32-17-6-3-15(4-7-17)22(23,24)25/h3-11,30H,13H2,1-2H3. The van der Waals surface area contributed by atoms with Crippen LogP contribution < -0.4 is 10.3 Å². The van der Waals surface area contributed by atoms with Gasteiger partial charge in [0.15, 0.2) is 5.03 Å². The van der Waals surface area contributed by atoms with Gasteiger partial charge in [0.25, 0.3) is 5.56 Å². The van der Waals surface area contributed by atoms with E-state index in [1.165, 1.54) is 41.2 Å². The lowest BCUT2D eigenvalue weighted by Gasteiger charge is -2.18. The number of rotatable bonds is 6. The molecular weight excluding hydrogens is 443 g/mol. The van der Waals surface area contributed by atoms with Crippen LogP contribution in [0.3, 0.4) is 0 Å². The molecule has 10 heteroatoms. The molecule has 6 nitrogen and oxygen atoms in total. The van der Waals surface area contributed by atoms with Gasteiger partial charge in [-0.2, -0.15) is 18.4 Å². The van der Waals surface area contributed by atoms with Gasteiger partial charge in [0.1, 0.15) is 18.4 Å². The summed E-state index contributed by atoms with van der Waals surface area (Å²) < 4.78 is 45.0. The zero-order valence-corrected chi connectivity index (χ0v) is 17.9. The first-order chi connectivity index (χ1) is 15.0. The maximum absolute atomic E-state index is 12.9. The van der Waals surface area contributed by atoms with Crippen molar-refractivity contribution in [1.29, 1.82) is 5.26 Å². The number of alkyl halides is 3. The Hall–Kier alpha value is -3.29. The van der Waals surface area contributed by atoms with Gasteiger partial charge in [-0.15, -0.1) is 0 Å². The van der Waals surface area contributed by atoms with Crippen molar-refractivity contribution in [2.75, 3.05) is 6.61 Å². The highest BCUT2D eigenvalue weighted by atomic mass is 32.2. The monoisotopic (exact) mass is 461 g/mol. The molecule has 2 aromatic carbocycles. The molecule has 0 saturated heterocycles. The summed E-state index contributed by atoms with van der Waals surface area (Å²) in [5, 5.41) is 19.3. The summed E-state index contributed by atoms with van der Waals surface area (Å²) in [7, 11) is 0. The van der Waals surface area contributed by atoms with Gasteiger partial charge in [-0.25, -0.2) is 4.98 Å². The number of aliphatic hydroxyl groups is 1. The lowest BCUT2D eigenvalue weighted by Crippen LogP contribution is -2.28. The van der Waals surface area contributed by atoms with E-state index in [1.807, 2.05) is 6.07 Å². The molecule has 1 heterocycles. The Labute approximate surface area is 185 Å². The van der Waals surface area contributed by atoms with Crippen LogP contribution in [0.1, 0.15) is 25.0 Å². The molecule has 3 rings (SSSR count). The Balaban J connectivity index is 1.88. The van der Waals surface area contributed by atoms with Crippen LogP contribution in [0.2, 0.25) is 0 Å². The highest BCUT2D eigenvalue weighted by molar-refractivity contribution is 7.99. The SMILES string of the molecule is CC(C)(O)COc1ccc(-n2ccnc(Sc3ccc(C(F)(F)F)cc3)c2=O)cc1C#N. The first kappa shape index (κ1) is 23.4. The molecule has 0 radical (unpaired) electrons. The third-order valence-electron chi connectivity index (χ3n) is 4.15. The van der Waals surface area contributed by atoms with E-state index in [0.717, 1.165) is 23.9 Å². The summed E-state index contributed by atoms with van der Waals surface area (Å²) in [6.07, 6.45) is -1.63. The number of nitriles is 1. The molecule has 0 atom stereocenters. The van der Waals surface area contributed by atoms with Crippen molar-refractivity contribution in [3.8, 4) is 17.5 Å². The van der Waals surface area contributed by atoms with Gasteiger partial charge < -0.3 is 9.84 Å². The predicted octanol–water partition coefficient (Wildman–Crippen LogP) is 4.42.